The number of amides is 2. The first-order valence-electron chi connectivity index (χ1n) is 21.1. The van der Waals surface area contributed by atoms with E-state index in [1.807, 2.05) is 0 Å². The van der Waals surface area contributed by atoms with Gasteiger partial charge in [-0.15, -0.1) is 0 Å². The molecule has 1 fully saturated rings. The number of fused-ring (bicyclic) bond motifs is 2. The van der Waals surface area contributed by atoms with Crippen LogP contribution in [0.15, 0.2) is 60.7 Å². The van der Waals surface area contributed by atoms with Crippen LogP contribution in [0.4, 0.5) is 50.9 Å². The van der Waals surface area contributed by atoms with Gasteiger partial charge in [0.2, 0.25) is 0 Å². The molecule has 0 saturated carbocycles. The average Bonchev–Trinajstić information content (AvgIpc) is 4.08. The van der Waals surface area contributed by atoms with Crippen molar-refractivity contribution in [1.29, 1.82) is 0 Å². The van der Waals surface area contributed by atoms with Gasteiger partial charge in [0, 0.05) is 60.4 Å². The molecule has 0 spiro atoms. The second-order valence-electron chi connectivity index (χ2n) is 15.9. The summed E-state index contributed by atoms with van der Waals surface area (Å²) < 4.78 is 129. The van der Waals surface area contributed by atoms with Crippen molar-refractivity contribution in [2.24, 2.45) is 0 Å². The number of nitrogens with one attached hydrogen (secondary N) is 1. The third-order valence-corrected chi connectivity index (χ3v) is 13.1. The second kappa shape index (κ2) is 22.7. The van der Waals surface area contributed by atoms with Crippen LogP contribution >= 0.6 is 62.3 Å². The zero-order chi connectivity index (χ0) is 50.6. The molecule has 70 heavy (non-hydrogen) atoms. The van der Waals surface area contributed by atoms with E-state index >= 15 is 0 Å². The normalized spacial score (nSPS) is 14.5. The van der Waals surface area contributed by atoms with E-state index in [2.05, 4.69) is 31.4 Å². The van der Waals surface area contributed by atoms with Gasteiger partial charge in [-0.25, -0.2) is 35.7 Å². The second-order valence-corrected chi connectivity index (χ2v) is 18.0. The van der Waals surface area contributed by atoms with E-state index in [1.54, 1.807) is 6.07 Å². The molecule has 3 aliphatic heterocycles. The number of benzene rings is 4. The highest BCUT2D eigenvalue weighted by Crippen LogP contribution is 2.36. The summed E-state index contributed by atoms with van der Waals surface area (Å²) in [5.74, 6) is -6.99. The van der Waals surface area contributed by atoms with Crippen molar-refractivity contribution in [2.75, 3.05) is 42.6 Å². The van der Waals surface area contributed by atoms with Crippen molar-refractivity contribution in [3.8, 4) is 0 Å². The lowest BCUT2D eigenvalue weighted by Gasteiger charge is -2.27. The molecule has 9 rings (SSSR count). The van der Waals surface area contributed by atoms with Crippen LogP contribution in [0, 0.1) is 34.9 Å². The van der Waals surface area contributed by atoms with Gasteiger partial charge in [-0.2, -0.15) is 23.4 Å². The number of carbonyl (C=O) groups excluding carboxylic acids is 2. The van der Waals surface area contributed by atoms with Crippen molar-refractivity contribution < 1.29 is 53.8 Å². The minimum absolute atomic E-state index is 0.0156. The van der Waals surface area contributed by atoms with E-state index in [4.69, 9.17) is 51.1 Å². The highest BCUT2D eigenvalue weighted by Gasteiger charge is 2.36. The maximum Gasteiger partial charge on any atom is 0.401 e. The fourth-order valence-electron chi connectivity index (χ4n) is 7.67. The van der Waals surface area contributed by atoms with E-state index in [1.165, 1.54) is 64.9 Å². The number of aromatic nitrogens is 4. The molecule has 1 N–H and O–H groups in total. The fraction of sp³-hybridized carbons (Fsp3) is 0.304. The number of hydrogen-bond donors (Lipinski definition) is 1. The number of anilines is 2. The molecule has 6 aromatic rings. The topological polar surface area (TPSA) is 97.5 Å². The largest absolute Gasteiger partial charge is 0.401 e. The molecule has 1 saturated heterocycles. The first-order chi connectivity index (χ1) is 33.3. The average molecular weight is 1130 g/mol. The number of alkyl halides is 4. The molecular formula is C46H37BrCl4F9N7O3. The summed E-state index contributed by atoms with van der Waals surface area (Å²) in [7, 11) is 0. The number of nitrogens with zero attached hydrogens (tertiary/aromatic N) is 6. The summed E-state index contributed by atoms with van der Waals surface area (Å²) in [5.41, 5.74) is 1.57. The molecule has 372 valence electrons. The monoisotopic (exact) mass is 1130 g/mol. The van der Waals surface area contributed by atoms with Crippen LogP contribution in [0.2, 0.25) is 20.4 Å². The van der Waals surface area contributed by atoms with Gasteiger partial charge in [-0.05, 0) is 73.2 Å². The predicted molar refractivity (Wildman–Crippen MR) is 249 cm³/mol. The summed E-state index contributed by atoms with van der Waals surface area (Å²) in [6.07, 6.45) is -1.39. The lowest BCUT2D eigenvalue weighted by molar-refractivity contribution is -0.125. The van der Waals surface area contributed by atoms with Gasteiger partial charge >= 0.3 is 6.18 Å². The van der Waals surface area contributed by atoms with Gasteiger partial charge in [-0.3, -0.25) is 9.59 Å². The van der Waals surface area contributed by atoms with Gasteiger partial charge in [0.1, 0.15) is 10.3 Å². The maximum absolute atomic E-state index is 14.8. The molecule has 10 nitrogen and oxygen atoms in total. The predicted octanol–water partition coefficient (Wildman–Crippen LogP) is 12.1. The molecule has 0 aliphatic carbocycles. The molecule has 0 atom stereocenters. The first-order valence-corrected chi connectivity index (χ1v) is 23.8. The number of hydrogen-bond acceptors (Lipinski definition) is 6. The zero-order valence-corrected chi connectivity index (χ0v) is 40.8. The Morgan fingerprint density at radius 2 is 1.09 bits per heavy atom. The Bertz CT molecular complexity index is 2930. The van der Waals surface area contributed by atoms with Crippen LogP contribution in [0.3, 0.4) is 0 Å². The minimum atomic E-state index is -4.43. The van der Waals surface area contributed by atoms with Crippen LogP contribution in [-0.4, -0.2) is 70.4 Å². The number of rotatable bonds is 10. The maximum atomic E-state index is 14.8. The molecule has 0 radical (unpaired) electrons. The quantitative estimate of drug-likeness (QED) is 0.108. The van der Waals surface area contributed by atoms with Gasteiger partial charge in [-0.1, -0.05) is 86.6 Å². The Labute approximate surface area is 422 Å². The summed E-state index contributed by atoms with van der Waals surface area (Å²) in [6.45, 7) is 0.235. The third kappa shape index (κ3) is 11.9. The minimum Gasteiger partial charge on any atom is -0.381 e. The Balaban J connectivity index is 0.000000189. The van der Waals surface area contributed by atoms with Crippen LogP contribution in [0.5, 0.6) is 0 Å². The summed E-state index contributed by atoms with van der Waals surface area (Å²) in [6, 6.07) is 12.8. The lowest BCUT2D eigenvalue weighted by atomic mass is 10.1. The summed E-state index contributed by atoms with van der Waals surface area (Å²) >= 11 is 27.9. The van der Waals surface area contributed by atoms with Crippen molar-refractivity contribution in [1.82, 2.24) is 24.9 Å². The van der Waals surface area contributed by atoms with E-state index in [0.717, 1.165) is 34.9 Å². The lowest BCUT2D eigenvalue weighted by Crippen LogP contribution is -2.38. The van der Waals surface area contributed by atoms with Crippen LogP contribution < -0.4 is 15.1 Å². The van der Waals surface area contributed by atoms with Gasteiger partial charge in [0.05, 0.1) is 41.1 Å². The van der Waals surface area contributed by atoms with Crippen LogP contribution in [0.1, 0.15) is 67.2 Å². The van der Waals surface area contributed by atoms with Crippen LogP contribution in [-0.2, 0) is 42.5 Å². The summed E-state index contributed by atoms with van der Waals surface area (Å²) in [5, 5.41) is 10.7. The van der Waals surface area contributed by atoms with Crippen molar-refractivity contribution in [3.63, 3.8) is 0 Å². The molecule has 2 aromatic heterocycles. The molecule has 5 heterocycles. The molecule has 24 heteroatoms. The van der Waals surface area contributed by atoms with Gasteiger partial charge in [0.15, 0.2) is 46.3 Å². The van der Waals surface area contributed by atoms with Crippen LogP contribution in [0.25, 0.3) is 0 Å². The fourth-order valence-corrected chi connectivity index (χ4v) is 9.03. The summed E-state index contributed by atoms with van der Waals surface area (Å²) in [4.78, 5) is 28.5. The van der Waals surface area contributed by atoms with E-state index in [0.29, 0.717) is 28.4 Å². The molecular weight excluding hydrogens is 1090 g/mol. The third-order valence-electron chi connectivity index (χ3n) is 11.1. The molecule has 2 amide bonds. The van der Waals surface area contributed by atoms with E-state index < -0.39 is 59.4 Å². The Hall–Kier alpha value is -4.83. The van der Waals surface area contributed by atoms with E-state index in [-0.39, 0.29) is 98.9 Å². The Morgan fingerprint density at radius 3 is 1.50 bits per heavy atom. The molecule has 4 aromatic carbocycles. The van der Waals surface area contributed by atoms with Crippen molar-refractivity contribution >= 4 is 85.5 Å². The molecule has 0 bridgehead atoms. The SMILES string of the molecule is C1CCOC1.O=C1c2nn(Cc3cccc(F)c3F)c(Cl)c2CCN1c1cc(CBr)cc(Cl)c1F.O=C1c2nn(Cc3cccc(F)c3F)c(Cl)c2CCN1c1cc(CNCC(F)(F)F)cc(Cl)c1F. The highest BCUT2D eigenvalue weighted by atomic mass is 79.9. The zero-order valence-electron chi connectivity index (χ0n) is 36.2. The molecule has 0 unspecified atom stereocenters. The number of ether oxygens (including phenoxy) is 1. The number of halogens is 14. The number of carbonyl (C=O) groups is 2. The standard InChI is InChI=1S/C22H16Cl2F6N4O.C20H13BrCl2F3N3O.C4H8O/c23-14-6-11(8-31-10-22(28,29)30)7-16(18(14)27)33-5-4-13-19(21(33)35)32-34(20(13)24)9-12-2-1-3-15(25)17(12)26;21-8-10-6-13(22)17(26)15(7-10)28-5-4-12-18(20(28)30)27-29(19(12)23)9-11-2-1-3-14(24)16(11)25;1-2-4-5-3-1/h1-3,6-7,31H,4-5,8-10H2;1-3,6-7H,4-5,8-9H2;1-4H2. The highest BCUT2D eigenvalue weighted by molar-refractivity contribution is 9.08. The van der Waals surface area contributed by atoms with Gasteiger partial charge in [0.25, 0.3) is 11.8 Å². The molecule has 3 aliphatic rings. The van der Waals surface area contributed by atoms with Crippen molar-refractivity contribution in [2.45, 2.75) is 56.8 Å². The Morgan fingerprint density at radius 1 is 0.643 bits per heavy atom. The van der Waals surface area contributed by atoms with Gasteiger partial charge < -0.3 is 19.9 Å². The Kier molecular flexibility index (Phi) is 17.2. The van der Waals surface area contributed by atoms with Crippen molar-refractivity contribution in [3.05, 3.63) is 161 Å². The smallest absolute Gasteiger partial charge is 0.381 e. The first kappa shape index (κ1) is 53.0. The van der Waals surface area contributed by atoms with E-state index in [9.17, 15) is 49.1 Å².